The van der Waals surface area contributed by atoms with E-state index in [0.29, 0.717) is 33.7 Å². The van der Waals surface area contributed by atoms with Crippen LogP contribution in [0.2, 0.25) is 0 Å². The Kier molecular flexibility index (Phi) is 4.20. The first-order valence-corrected chi connectivity index (χ1v) is 7.31. The molecule has 0 radical (unpaired) electrons. The Balaban J connectivity index is 1.95. The predicted octanol–water partition coefficient (Wildman–Crippen LogP) is 2.98. The molecule has 0 saturated heterocycles. The lowest BCUT2D eigenvalue weighted by Crippen LogP contribution is -2.16. The van der Waals surface area contributed by atoms with Crippen LogP contribution in [0.15, 0.2) is 48.5 Å². The van der Waals surface area contributed by atoms with Crippen LogP contribution in [-0.2, 0) is 4.74 Å². The highest BCUT2D eigenvalue weighted by Crippen LogP contribution is 2.18. The molecule has 1 heterocycles. The predicted molar refractivity (Wildman–Crippen MR) is 90.0 cm³/mol. The zero-order valence-electron chi connectivity index (χ0n) is 13.2. The van der Waals surface area contributed by atoms with Crippen LogP contribution < -0.4 is 5.32 Å². The molecule has 0 saturated carbocycles. The van der Waals surface area contributed by atoms with Crippen molar-refractivity contribution in [3.8, 4) is 0 Å². The molecule has 6 nitrogen and oxygen atoms in total. The standard InChI is InChI=1S/C18H15N3O3/c1-11-19-15-9-4-3-8-14(15)16(20-11)17(22)21-13-7-5-6-12(10-13)18(23)24-2/h3-10H,1-2H3,(H,21,22). The maximum atomic E-state index is 12.6. The van der Waals surface area contributed by atoms with E-state index in [1.54, 1.807) is 37.3 Å². The summed E-state index contributed by atoms with van der Waals surface area (Å²) in [4.78, 5) is 32.8. The molecule has 1 aromatic heterocycles. The van der Waals surface area contributed by atoms with Crippen LogP contribution in [0.4, 0.5) is 5.69 Å². The Hall–Kier alpha value is -3.28. The molecule has 2 aromatic carbocycles. The van der Waals surface area contributed by atoms with Crippen molar-refractivity contribution in [2.45, 2.75) is 6.92 Å². The third-order valence-corrected chi connectivity index (χ3v) is 3.47. The lowest BCUT2D eigenvalue weighted by Gasteiger charge is -2.09. The van der Waals surface area contributed by atoms with E-state index >= 15 is 0 Å². The number of aromatic nitrogens is 2. The maximum Gasteiger partial charge on any atom is 0.337 e. The summed E-state index contributed by atoms with van der Waals surface area (Å²) in [6.07, 6.45) is 0. The van der Waals surface area contributed by atoms with Crippen molar-refractivity contribution in [1.82, 2.24) is 9.97 Å². The van der Waals surface area contributed by atoms with Gasteiger partial charge in [0.15, 0.2) is 0 Å². The Morgan fingerprint density at radius 2 is 1.83 bits per heavy atom. The number of nitrogens with one attached hydrogen (secondary N) is 1. The minimum Gasteiger partial charge on any atom is -0.465 e. The molecule has 24 heavy (non-hydrogen) atoms. The summed E-state index contributed by atoms with van der Waals surface area (Å²) in [6, 6.07) is 13.9. The van der Waals surface area contributed by atoms with E-state index in [1.165, 1.54) is 7.11 Å². The number of nitrogens with zero attached hydrogens (tertiary/aromatic N) is 2. The first-order valence-electron chi connectivity index (χ1n) is 7.31. The molecule has 0 fully saturated rings. The molecule has 0 aliphatic carbocycles. The summed E-state index contributed by atoms with van der Waals surface area (Å²) in [7, 11) is 1.31. The van der Waals surface area contributed by atoms with Gasteiger partial charge in [0.05, 0.1) is 18.2 Å². The number of rotatable bonds is 3. The Morgan fingerprint density at radius 1 is 1.04 bits per heavy atom. The van der Waals surface area contributed by atoms with Gasteiger partial charge in [-0.25, -0.2) is 14.8 Å². The fourth-order valence-electron chi connectivity index (χ4n) is 2.40. The van der Waals surface area contributed by atoms with Crippen molar-refractivity contribution < 1.29 is 14.3 Å². The highest BCUT2D eigenvalue weighted by molar-refractivity contribution is 6.11. The minimum absolute atomic E-state index is 0.293. The van der Waals surface area contributed by atoms with Crippen molar-refractivity contribution in [3.63, 3.8) is 0 Å². The van der Waals surface area contributed by atoms with Crippen LogP contribution in [0.5, 0.6) is 0 Å². The summed E-state index contributed by atoms with van der Waals surface area (Å²) < 4.78 is 4.68. The van der Waals surface area contributed by atoms with Gasteiger partial charge in [-0.05, 0) is 31.2 Å². The number of benzene rings is 2. The summed E-state index contributed by atoms with van der Waals surface area (Å²) in [5.41, 5.74) is 1.85. The van der Waals surface area contributed by atoms with Crippen LogP contribution in [-0.4, -0.2) is 29.0 Å². The van der Waals surface area contributed by atoms with Crippen LogP contribution >= 0.6 is 0 Å². The Bertz CT molecular complexity index is 938. The first kappa shape index (κ1) is 15.6. The topological polar surface area (TPSA) is 81.2 Å². The second-order valence-corrected chi connectivity index (χ2v) is 5.16. The van der Waals surface area contributed by atoms with Crippen molar-refractivity contribution in [2.75, 3.05) is 12.4 Å². The van der Waals surface area contributed by atoms with Gasteiger partial charge in [0.1, 0.15) is 11.5 Å². The summed E-state index contributed by atoms with van der Waals surface area (Å²) >= 11 is 0. The monoisotopic (exact) mass is 321 g/mol. The Labute approximate surface area is 138 Å². The molecule has 3 aromatic rings. The molecule has 0 aliphatic heterocycles. The molecule has 120 valence electrons. The van der Waals surface area contributed by atoms with Gasteiger partial charge in [-0.3, -0.25) is 4.79 Å². The van der Waals surface area contributed by atoms with Crippen molar-refractivity contribution in [1.29, 1.82) is 0 Å². The molecule has 0 unspecified atom stereocenters. The zero-order chi connectivity index (χ0) is 17.1. The number of methoxy groups -OCH3 is 1. The van der Waals surface area contributed by atoms with Gasteiger partial charge in [-0.15, -0.1) is 0 Å². The maximum absolute atomic E-state index is 12.6. The number of esters is 1. The zero-order valence-corrected chi connectivity index (χ0v) is 13.2. The number of fused-ring (bicyclic) bond motifs is 1. The van der Waals surface area contributed by atoms with Gasteiger partial charge in [-0.2, -0.15) is 0 Å². The minimum atomic E-state index is -0.463. The molecule has 0 spiro atoms. The van der Waals surface area contributed by atoms with Crippen LogP contribution in [0.3, 0.4) is 0 Å². The number of anilines is 1. The van der Waals surface area contributed by atoms with E-state index in [1.807, 2.05) is 18.2 Å². The molecule has 6 heteroatoms. The van der Waals surface area contributed by atoms with E-state index in [-0.39, 0.29) is 5.91 Å². The highest BCUT2D eigenvalue weighted by Gasteiger charge is 2.14. The number of hydrogen-bond acceptors (Lipinski definition) is 5. The smallest absolute Gasteiger partial charge is 0.337 e. The third kappa shape index (κ3) is 3.08. The fourth-order valence-corrected chi connectivity index (χ4v) is 2.40. The molecular formula is C18H15N3O3. The van der Waals surface area contributed by atoms with Gasteiger partial charge in [0.25, 0.3) is 5.91 Å². The molecule has 0 aliphatic rings. The summed E-state index contributed by atoms with van der Waals surface area (Å²) in [5, 5.41) is 3.43. The largest absolute Gasteiger partial charge is 0.465 e. The van der Waals surface area contributed by atoms with E-state index in [4.69, 9.17) is 0 Å². The first-order chi connectivity index (χ1) is 11.6. The van der Waals surface area contributed by atoms with E-state index in [2.05, 4.69) is 20.0 Å². The molecule has 3 rings (SSSR count). The Morgan fingerprint density at radius 3 is 2.62 bits per heavy atom. The van der Waals surface area contributed by atoms with E-state index < -0.39 is 5.97 Å². The van der Waals surface area contributed by atoms with Crippen LogP contribution in [0, 0.1) is 6.92 Å². The number of carbonyl (C=O) groups is 2. The van der Waals surface area contributed by atoms with Gasteiger partial charge in [-0.1, -0.05) is 24.3 Å². The lowest BCUT2D eigenvalue weighted by molar-refractivity contribution is 0.0600. The van der Waals surface area contributed by atoms with Crippen molar-refractivity contribution in [2.24, 2.45) is 0 Å². The third-order valence-electron chi connectivity index (χ3n) is 3.47. The number of ether oxygens (including phenoxy) is 1. The summed E-state index contributed by atoms with van der Waals surface area (Å²) in [5.74, 6) is -0.310. The van der Waals surface area contributed by atoms with Crippen molar-refractivity contribution in [3.05, 3.63) is 65.6 Å². The lowest BCUT2D eigenvalue weighted by atomic mass is 10.1. The molecule has 1 N–H and O–H groups in total. The second kappa shape index (κ2) is 6.45. The number of hydrogen-bond donors (Lipinski definition) is 1. The number of para-hydroxylation sites is 1. The van der Waals surface area contributed by atoms with E-state index in [0.717, 1.165) is 0 Å². The highest BCUT2D eigenvalue weighted by atomic mass is 16.5. The molecular weight excluding hydrogens is 306 g/mol. The van der Waals surface area contributed by atoms with Crippen molar-refractivity contribution >= 4 is 28.5 Å². The van der Waals surface area contributed by atoms with Gasteiger partial charge < -0.3 is 10.1 Å². The molecule has 0 bridgehead atoms. The number of carbonyl (C=O) groups excluding carboxylic acids is 2. The van der Waals surface area contributed by atoms with Crippen LogP contribution in [0.25, 0.3) is 10.9 Å². The van der Waals surface area contributed by atoms with Gasteiger partial charge in [0.2, 0.25) is 0 Å². The average Bonchev–Trinajstić information content (AvgIpc) is 2.60. The normalized spacial score (nSPS) is 10.4. The van der Waals surface area contributed by atoms with Gasteiger partial charge >= 0.3 is 5.97 Å². The van der Waals surface area contributed by atoms with Gasteiger partial charge in [0, 0.05) is 11.1 Å². The summed E-state index contributed by atoms with van der Waals surface area (Å²) in [6.45, 7) is 1.74. The number of amides is 1. The quantitative estimate of drug-likeness (QED) is 0.750. The fraction of sp³-hybridized carbons (Fsp3) is 0.111. The number of aryl methyl sites for hydroxylation is 1. The molecule has 1 amide bonds. The van der Waals surface area contributed by atoms with E-state index in [9.17, 15) is 9.59 Å². The molecule has 0 atom stereocenters. The SMILES string of the molecule is COC(=O)c1cccc(NC(=O)c2nc(C)nc3ccccc23)c1. The average molecular weight is 321 g/mol. The van der Waals surface area contributed by atoms with Crippen LogP contribution in [0.1, 0.15) is 26.7 Å². The second-order valence-electron chi connectivity index (χ2n) is 5.16.